The fourth-order valence-electron chi connectivity index (χ4n) is 3.99. The van der Waals surface area contributed by atoms with E-state index in [9.17, 15) is 4.79 Å². The second-order valence-electron chi connectivity index (χ2n) is 8.40. The molecule has 0 saturated carbocycles. The van der Waals surface area contributed by atoms with Gasteiger partial charge < -0.3 is 9.42 Å². The summed E-state index contributed by atoms with van der Waals surface area (Å²) in [5, 5.41) is 4.19. The Kier molecular flexibility index (Phi) is 6.26. The number of piperidine rings is 1. The van der Waals surface area contributed by atoms with Crippen LogP contribution in [0.15, 0.2) is 59.1 Å². The molecule has 30 heavy (non-hydrogen) atoms. The number of carbonyl (C=O) groups is 1. The van der Waals surface area contributed by atoms with Crippen LogP contribution in [0.25, 0.3) is 11.4 Å². The molecule has 5 heteroatoms. The monoisotopic (exact) mass is 403 g/mol. The highest BCUT2D eigenvalue weighted by atomic mass is 16.5. The van der Waals surface area contributed by atoms with E-state index < -0.39 is 0 Å². The molecule has 1 amide bonds. The average molecular weight is 404 g/mol. The summed E-state index contributed by atoms with van der Waals surface area (Å²) in [6, 6.07) is 18.5. The Balaban J connectivity index is 1.38. The minimum absolute atomic E-state index is 0.107. The van der Waals surface area contributed by atoms with Crippen molar-refractivity contribution < 1.29 is 9.32 Å². The molecular weight excluding hydrogens is 374 g/mol. The molecule has 0 unspecified atom stereocenters. The van der Waals surface area contributed by atoms with Gasteiger partial charge in [0.1, 0.15) is 0 Å². The minimum Gasteiger partial charge on any atom is -0.342 e. The number of aryl methyl sites for hydroxylation is 1. The number of rotatable bonds is 6. The van der Waals surface area contributed by atoms with Crippen molar-refractivity contribution >= 4 is 5.91 Å². The van der Waals surface area contributed by atoms with Crippen LogP contribution < -0.4 is 0 Å². The van der Waals surface area contributed by atoms with E-state index in [-0.39, 0.29) is 11.8 Å². The van der Waals surface area contributed by atoms with Crippen molar-refractivity contribution in [1.82, 2.24) is 15.0 Å². The van der Waals surface area contributed by atoms with Crippen molar-refractivity contribution in [3.63, 3.8) is 0 Å². The van der Waals surface area contributed by atoms with Crippen LogP contribution in [0, 0.1) is 0 Å². The van der Waals surface area contributed by atoms with Gasteiger partial charge in [-0.05, 0) is 36.3 Å². The Morgan fingerprint density at radius 1 is 1.13 bits per heavy atom. The third kappa shape index (κ3) is 4.78. The molecule has 0 radical (unpaired) electrons. The zero-order chi connectivity index (χ0) is 20.9. The maximum Gasteiger partial charge on any atom is 0.231 e. The van der Waals surface area contributed by atoms with Crippen LogP contribution in [0.5, 0.6) is 0 Å². The lowest BCUT2D eigenvalue weighted by atomic mass is 9.97. The topological polar surface area (TPSA) is 59.2 Å². The summed E-state index contributed by atoms with van der Waals surface area (Å²) in [7, 11) is 0. The van der Waals surface area contributed by atoms with Gasteiger partial charge in [-0.25, -0.2) is 0 Å². The number of amides is 1. The van der Waals surface area contributed by atoms with Gasteiger partial charge in [0.05, 0.1) is 5.92 Å². The van der Waals surface area contributed by atoms with E-state index in [4.69, 9.17) is 4.52 Å². The molecule has 0 N–H and O–H groups in total. The van der Waals surface area contributed by atoms with E-state index in [1.54, 1.807) is 0 Å². The summed E-state index contributed by atoms with van der Waals surface area (Å²) >= 11 is 0. The largest absolute Gasteiger partial charge is 0.342 e. The molecule has 5 nitrogen and oxygen atoms in total. The zero-order valence-electron chi connectivity index (χ0n) is 17.8. The maximum atomic E-state index is 12.7. The van der Waals surface area contributed by atoms with Crippen molar-refractivity contribution in [2.75, 3.05) is 13.1 Å². The van der Waals surface area contributed by atoms with Crippen LogP contribution >= 0.6 is 0 Å². The third-order valence-corrected chi connectivity index (χ3v) is 5.87. The first-order valence-electron chi connectivity index (χ1n) is 10.9. The molecule has 4 rings (SSSR count). The molecule has 1 aromatic heterocycles. The van der Waals surface area contributed by atoms with Crippen molar-refractivity contribution in [1.29, 1.82) is 0 Å². The predicted molar refractivity (Wildman–Crippen MR) is 117 cm³/mol. The van der Waals surface area contributed by atoms with Gasteiger partial charge in [0.2, 0.25) is 17.6 Å². The molecule has 1 saturated heterocycles. The highest BCUT2D eigenvalue weighted by molar-refractivity contribution is 5.76. The van der Waals surface area contributed by atoms with Gasteiger partial charge >= 0.3 is 0 Å². The lowest BCUT2D eigenvalue weighted by molar-refractivity contribution is -0.132. The van der Waals surface area contributed by atoms with Gasteiger partial charge in [-0.1, -0.05) is 73.6 Å². The van der Waals surface area contributed by atoms with E-state index in [1.165, 1.54) is 11.1 Å². The first-order chi connectivity index (χ1) is 14.6. The Bertz CT molecular complexity index is 964. The standard InChI is InChI=1S/C25H29N3O2/c1-18(2)20-11-13-21(14-12-20)24-26-25(30-27-24)22-9-6-16-28(17-22)23(29)15-10-19-7-4-3-5-8-19/h3-5,7-8,11-14,18,22H,6,9-10,15-17H2,1-2H3/t22-/m0/s1. The normalized spacial score (nSPS) is 16.8. The van der Waals surface area contributed by atoms with Gasteiger partial charge in [0, 0.05) is 25.1 Å². The quantitative estimate of drug-likeness (QED) is 0.568. The molecule has 156 valence electrons. The fraction of sp³-hybridized carbons (Fsp3) is 0.400. The molecule has 1 atom stereocenters. The summed E-state index contributed by atoms with van der Waals surface area (Å²) in [4.78, 5) is 19.3. The first-order valence-corrected chi connectivity index (χ1v) is 10.9. The molecule has 1 fully saturated rings. The van der Waals surface area contributed by atoms with Crippen molar-refractivity contribution in [3.8, 4) is 11.4 Å². The zero-order valence-corrected chi connectivity index (χ0v) is 17.8. The van der Waals surface area contributed by atoms with Gasteiger partial charge in [-0.3, -0.25) is 4.79 Å². The molecule has 0 spiro atoms. The minimum atomic E-state index is 0.107. The summed E-state index contributed by atoms with van der Waals surface area (Å²) < 4.78 is 5.59. The number of benzene rings is 2. The Hall–Kier alpha value is -2.95. The van der Waals surface area contributed by atoms with E-state index in [1.807, 2.05) is 35.2 Å². The van der Waals surface area contributed by atoms with Gasteiger partial charge in [-0.15, -0.1) is 0 Å². The van der Waals surface area contributed by atoms with Crippen molar-refractivity contribution in [2.45, 2.75) is 51.4 Å². The van der Waals surface area contributed by atoms with Crippen LogP contribution in [0.2, 0.25) is 0 Å². The molecule has 3 aromatic rings. The molecule has 2 aromatic carbocycles. The second-order valence-corrected chi connectivity index (χ2v) is 8.40. The maximum absolute atomic E-state index is 12.7. The van der Waals surface area contributed by atoms with Gasteiger partial charge in [0.15, 0.2) is 0 Å². The number of hydrogen-bond acceptors (Lipinski definition) is 4. The Labute approximate surface area is 178 Å². The molecule has 0 bridgehead atoms. The smallest absolute Gasteiger partial charge is 0.231 e. The summed E-state index contributed by atoms with van der Waals surface area (Å²) in [5.74, 6) is 2.06. The van der Waals surface area contributed by atoms with Crippen LogP contribution in [-0.2, 0) is 11.2 Å². The molecule has 1 aliphatic rings. The van der Waals surface area contributed by atoms with Crippen molar-refractivity contribution in [2.24, 2.45) is 0 Å². The van der Waals surface area contributed by atoms with E-state index in [0.29, 0.717) is 30.6 Å². The van der Waals surface area contributed by atoms with Crippen molar-refractivity contribution in [3.05, 3.63) is 71.6 Å². The average Bonchev–Trinajstić information content (AvgIpc) is 3.29. The lowest BCUT2D eigenvalue weighted by Gasteiger charge is -2.31. The van der Waals surface area contributed by atoms with Crippen LogP contribution in [0.3, 0.4) is 0 Å². The first kappa shape index (κ1) is 20.3. The molecule has 1 aliphatic heterocycles. The highest BCUT2D eigenvalue weighted by Gasteiger charge is 2.28. The number of hydrogen-bond donors (Lipinski definition) is 0. The molecule has 0 aliphatic carbocycles. The summed E-state index contributed by atoms with van der Waals surface area (Å²) in [6.07, 6.45) is 3.24. The molecule has 2 heterocycles. The number of nitrogens with zero attached hydrogens (tertiary/aromatic N) is 3. The molecular formula is C25H29N3O2. The summed E-state index contributed by atoms with van der Waals surface area (Å²) in [6.45, 7) is 5.82. The predicted octanol–water partition coefficient (Wildman–Crippen LogP) is 5.20. The van der Waals surface area contributed by atoms with Crippen LogP contribution in [0.4, 0.5) is 0 Å². The number of likely N-dealkylation sites (tertiary alicyclic amines) is 1. The van der Waals surface area contributed by atoms with E-state index >= 15 is 0 Å². The Morgan fingerprint density at radius 3 is 2.63 bits per heavy atom. The SMILES string of the molecule is CC(C)c1ccc(-c2noc([C@H]3CCCN(C(=O)CCc4ccccc4)C3)n2)cc1. The fourth-order valence-corrected chi connectivity index (χ4v) is 3.99. The summed E-state index contributed by atoms with van der Waals surface area (Å²) in [5.41, 5.74) is 3.45. The van der Waals surface area contributed by atoms with Crippen LogP contribution in [-0.4, -0.2) is 34.0 Å². The van der Waals surface area contributed by atoms with Gasteiger partial charge in [-0.2, -0.15) is 4.98 Å². The van der Waals surface area contributed by atoms with Crippen LogP contribution in [0.1, 0.15) is 62.0 Å². The number of aromatic nitrogens is 2. The Morgan fingerprint density at radius 2 is 1.90 bits per heavy atom. The van der Waals surface area contributed by atoms with E-state index in [2.05, 4.69) is 48.3 Å². The van der Waals surface area contributed by atoms with E-state index in [0.717, 1.165) is 31.4 Å². The lowest BCUT2D eigenvalue weighted by Crippen LogP contribution is -2.39. The number of carbonyl (C=O) groups excluding carboxylic acids is 1. The second kappa shape index (κ2) is 9.24. The highest BCUT2D eigenvalue weighted by Crippen LogP contribution is 2.28. The van der Waals surface area contributed by atoms with Gasteiger partial charge in [0.25, 0.3) is 0 Å². The third-order valence-electron chi connectivity index (χ3n) is 5.87.